The Labute approximate surface area is 139 Å². The summed E-state index contributed by atoms with van der Waals surface area (Å²) in [6, 6.07) is 9.10. The van der Waals surface area contributed by atoms with E-state index in [4.69, 9.17) is 4.74 Å². The van der Waals surface area contributed by atoms with E-state index in [2.05, 4.69) is 10.3 Å². The number of benzene rings is 1. The molecule has 0 saturated carbocycles. The van der Waals surface area contributed by atoms with Gasteiger partial charge in [0.2, 0.25) is 0 Å². The fourth-order valence-electron chi connectivity index (χ4n) is 2.54. The van der Waals surface area contributed by atoms with E-state index in [1.54, 1.807) is 18.3 Å². The van der Waals surface area contributed by atoms with Gasteiger partial charge in [0.1, 0.15) is 10.8 Å². The zero-order valence-corrected chi connectivity index (χ0v) is 13.6. The van der Waals surface area contributed by atoms with Crippen molar-refractivity contribution >= 4 is 17.7 Å². The number of amides is 1. The van der Waals surface area contributed by atoms with Gasteiger partial charge in [-0.3, -0.25) is 4.79 Å². The van der Waals surface area contributed by atoms with Gasteiger partial charge in [-0.2, -0.15) is 0 Å². The minimum Gasteiger partial charge on any atom is -0.493 e. The molecule has 2 heterocycles. The van der Waals surface area contributed by atoms with Crippen LogP contribution in [0.25, 0.3) is 0 Å². The van der Waals surface area contributed by atoms with Gasteiger partial charge < -0.3 is 15.2 Å². The SMILES string of the molecule is CSc1ncccc1C(=O)NC[C@H](O)c1ccc2c(c1)CCO2. The van der Waals surface area contributed by atoms with Crippen molar-refractivity contribution in [2.45, 2.75) is 17.6 Å². The number of nitrogens with zero attached hydrogens (tertiary/aromatic N) is 1. The monoisotopic (exact) mass is 330 g/mol. The van der Waals surface area contributed by atoms with E-state index >= 15 is 0 Å². The Morgan fingerprint density at radius 1 is 1.48 bits per heavy atom. The summed E-state index contributed by atoms with van der Waals surface area (Å²) < 4.78 is 5.45. The second kappa shape index (κ2) is 7.02. The van der Waals surface area contributed by atoms with Crippen molar-refractivity contribution in [3.8, 4) is 5.75 Å². The molecular formula is C17H18N2O3S. The van der Waals surface area contributed by atoms with Crippen LogP contribution in [0.2, 0.25) is 0 Å². The first kappa shape index (κ1) is 15.8. The number of nitrogens with one attached hydrogen (secondary N) is 1. The van der Waals surface area contributed by atoms with Crippen LogP contribution in [0, 0.1) is 0 Å². The minimum absolute atomic E-state index is 0.154. The third-order valence-electron chi connectivity index (χ3n) is 3.76. The predicted molar refractivity (Wildman–Crippen MR) is 89.0 cm³/mol. The summed E-state index contributed by atoms with van der Waals surface area (Å²) in [5.74, 6) is 0.649. The van der Waals surface area contributed by atoms with E-state index in [9.17, 15) is 9.90 Å². The standard InChI is InChI=1S/C17H18N2O3S/c1-23-17-13(3-2-7-18-17)16(21)19-10-14(20)11-4-5-15-12(9-11)6-8-22-15/h2-5,7,9,14,20H,6,8,10H2,1H3,(H,19,21)/t14-/m0/s1. The number of pyridine rings is 1. The summed E-state index contributed by atoms with van der Waals surface area (Å²) in [5, 5.41) is 13.7. The van der Waals surface area contributed by atoms with Crippen LogP contribution >= 0.6 is 11.8 Å². The van der Waals surface area contributed by atoms with Crippen LogP contribution < -0.4 is 10.1 Å². The van der Waals surface area contributed by atoms with Gasteiger partial charge >= 0.3 is 0 Å². The van der Waals surface area contributed by atoms with Crippen molar-refractivity contribution in [2.75, 3.05) is 19.4 Å². The molecule has 1 amide bonds. The molecule has 1 aliphatic heterocycles. The number of hydrogen-bond acceptors (Lipinski definition) is 5. The van der Waals surface area contributed by atoms with Gasteiger partial charge in [0, 0.05) is 19.2 Å². The van der Waals surface area contributed by atoms with Crippen molar-refractivity contribution in [1.29, 1.82) is 0 Å². The van der Waals surface area contributed by atoms with Crippen LogP contribution in [0.3, 0.4) is 0 Å². The zero-order valence-electron chi connectivity index (χ0n) is 12.8. The van der Waals surface area contributed by atoms with Gasteiger partial charge in [-0.25, -0.2) is 4.98 Å². The van der Waals surface area contributed by atoms with Gasteiger partial charge in [-0.1, -0.05) is 6.07 Å². The maximum absolute atomic E-state index is 12.3. The number of rotatable bonds is 5. The molecule has 1 aromatic heterocycles. The first-order chi connectivity index (χ1) is 11.2. The van der Waals surface area contributed by atoms with Gasteiger partial charge in [-0.15, -0.1) is 11.8 Å². The lowest BCUT2D eigenvalue weighted by molar-refractivity contribution is 0.0912. The number of hydrogen-bond donors (Lipinski definition) is 2. The van der Waals surface area contributed by atoms with Gasteiger partial charge in [-0.05, 0) is 41.6 Å². The molecule has 2 N–H and O–H groups in total. The highest BCUT2D eigenvalue weighted by molar-refractivity contribution is 7.98. The highest BCUT2D eigenvalue weighted by Gasteiger charge is 2.17. The van der Waals surface area contributed by atoms with Crippen molar-refractivity contribution in [3.63, 3.8) is 0 Å². The fraction of sp³-hybridized carbons (Fsp3) is 0.294. The predicted octanol–water partition coefficient (Wildman–Crippen LogP) is 2.20. The molecule has 120 valence electrons. The van der Waals surface area contributed by atoms with E-state index < -0.39 is 6.10 Å². The van der Waals surface area contributed by atoms with Gasteiger partial charge in [0.25, 0.3) is 5.91 Å². The van der Waals surface area contributed by atoms with E-state index in [1.807, 2.05) is 24.5 Å². The van der Waals surface area contributed by atoms with Crippen LogP contribution in [0.1, 0.15) is 27.6 Å². The van der Waals surface area contributed by atoms with E-state index in [0.717, 1.165) is 23.3 Å². The van der Waals surface area contributed by atoms with E-state index in [1.165, 1.54) is 11.8 Å². The van der Waals surface area contributed by atoms with Crippen molar-refractivity contribution in [1.82, 2.24) is 10.3 Å². The average molecular weight is 330 g/mol. The molecule has 1 atom stereocenters. The maximum Gasteiger partial charge on any atom is 0.254 e. The number of aliphatic hydroxyl groups excluding tert-OH is 1. The molecule has 0 unspecified atom stereocenters. The number of fused-ring (bicyclic) bond motifs is 1. The molecule has 6 heteroatoms. The number of thioether (sulfide) groups is 1. The van der Waals surface area contributed by atoms with Crippen molar-refractivity contribution in [3.05, 3.63) is 53.2 Å². The largest absolute Gasteiger partial charge is 0.493 e. The Morgan fingerprint density at radius 3 is 3.17 bits per heavy atom. The summed E-state index contributed by atoms with van der Waals surface area (Å²) in [6.07, 6.45) is 3.64. The smallest absolute Gasteiger partial charge is 0.254 e. The molecule has 0 aliphatic carbocycles. The van der Waals surface area contributed by atoms with Crippen LogP contribution in [-0.4, -0.2) is 35.4 Å². The van der Waals surface area contributed by atoms with Gasteiger partial charge in [0.05, 0.1) is 18.3 Å². The third-order valence-corrected chi connectivity index (χ3v) is 4.48. The molecule has 5 nitrogen and oxygen atoms in total. The molecular weight excluding hydrogens is 312 g/mol. The molecule has 0 saturated heterocycles. The minimum atomic E-state index is -0.751. The quantitative estimate of drug-likeness (QED) is 0.823. The van der Waals surface area contributed by atoms with Crippen LogP contribution in [0.4, 0.5) is 0 Å². The molecule has 23 heavy (non-hydrogen) atoms. The summed E-state index contributed by atoms with van der Waals surface area (Å²) >= 11 is 1.42. The van der Waals surface area contributed by atoms with E-state index in [0.29, 0.717) is 17.2 Å². The Balaban J connectivity index is 1.64. The Hall–Kier alpha value is -2.05. The lowest BCUT2D eigenvalue weighted by Gasteiger charge is -2.14. The second-order valence-corrected chi connectivity index (χ2v) is 6.05. The number of carbonyl (C=O) groups is 1. The molecule has 0 fully saturated rings. The van der Waals surface area contributed by atoms with Crippen molar-refractivity contribution in [2.24, 2.45) is 0 Å². The van der Waals surface area contributed by atoms with Crippen LogP contribution in [0.5, 0.6) is 5.75 Å². The fourth-order valence-corrected chi connectivity index (χ4v) is 3.09. The second-order valence-electron chi connectivity index (χ2n) is 5.25. The summed E-state index contributed by atoms with van der Waals surface area (Å²) in [5.41, 5.74) is 2.41. The van der Waals surface area contributed by atoms with Crippen LogP contribution in [-0.2, 0) is 6.42 Å². The summed E-state index contributed by atoms with van der Waals surface area (Å²) in [6.45, 7) is 0.839. The Morgan fingerprint density at radius 2 is 2.35 bits per heavy atom. The topological polar surface area (TPSA) is 71.5 Å². The number of ether oxygens (including phenoxy) is 1. The molecule has 0 radical (unpaired) electrons. The summed E-state index contributed by atoms with van der Waals surface area (Å²) in [4.78, 5) is 16.4. The molecule has 0 spiro atoms. The molecule has 0 bridgehead atoms. The van der Waals surface area contributed by atoms with Crippen LogP contribution in [0.15, 0.2) is 41.6 Å². The zero-order chi connectivity index (χ0) is 16.2. The number of carbonyl (C=O) groups excluding carboxylic acids is 1. The maximum atomic E-state index is 12.3. The lowest BCUT2D eigenvalue weighted by Crippen LogP contribution is -2.29. The number of aliphatic hydroxyl groups is 1. The van der Waals surface area contributed by atoms with E-state index in [-0.39, 0.29) is 12.5 Å². The highest BCUT2D eigenvalue weighted by atomic mass is 32.2. The average Bonchev–Trinajstić information content (AvgIpc) is 3.06. The first-order valence-corrected chi connectivity index (χ1v) is 8.62. The Kier molecular flexibility index (Phi) is 4.83. The molecule has 1 aromatic carbocycles. The third kappa shape index (κ3) is 3.48. The Bertz CT molecular complexity index is 721. The van der Waals surface area contributed by atoms with Crippen molar-refractivity contribution < 1.29 is 14.6 Å². The molecule has 3 rings (SSSR count). The lowest BCUT2D eigenvalue weighted by atomic mass is 10.0. The normalized spacial score (nSPS) is 14.0. The van der Waals surface area contributed by atoms with Gasteiger partial charge in [0.15, 0.2) is 0 Å². The first-order valence-electron chi connectivity index (χ1n) is 7.40. The molecule has 1 aliphatic rings. The summed E-state index contributed by atoms with van der Waals surface area (Å²) in [7, 11) is 0. The molecule has 2 aromatic rings. The highest BCUT2D eigenvalue weighted by Crippen LogP contribution is 2.28. The number of aromatic nitrogens is 1.